The monoisotopic (exact) mass is 226 g/mol. The zero-order chi connectivity index (χ0) is 11.3. The number of hydrogen-bond acceptors (Lipinski definition) is 3. The van der Waals surface area contributed by atoms with Crippen LogP contribution in [-0.2, 0) is 11.3 Å². The lowest BCUT2D eigenvalue weighted by Crippen LogP contribution is -2.34. The van der Waals surface area contributed by atoms with Crippen LogP contribution in [0.2, 0.25) is 0 Å². The summed E-state index contributed by atoms with van der Waals surface area (Å²) in [6.45, 7) is 6.05. The Labute approximate surface area is 95.1 Å². The van der Waals surface area contributed by atoms with Gasteiger partial charge in [0.25, 0.3) is 0 Å². The molecule has 0 fully saturated rings. The molecule has 0 spiro atoms. The summed E-state index contributed by atoms with van der Waals surface area (Å²) in [6.07, 6.45) is 0. The molecular weight excluding hydrogens is 208 g/mol. The highest BCUT2D eigenvalue weighted by Gasteiger charge is 2.10. The largest absolute Gasteiger partial charge is 0.340 e. The fourth-order valence-electron chi connectivity index (χ4n) is 1.24. The van der Waals surface area contributed by atoms with Crippen LogP contribution in [0.15, 0.2) is 11.4 Å². The van der Waals surface area contributed by atoms with Gasteiger partial charge in [-0.15, -0.1) is 11.3 Å². The van der Waals surface area contributed by atoms with Crippen LogP contribution in [0, 0.1) is 6.92 Å². The van der Waals surface area contributed by atoms with Gasteiger partial charge in [-0.05, 0) is 30.5 Å². The highest BCUT2D eigenvalue weighted by Crippen LogP contribution is 2.16. The number of rotatable bonds is 5. The standard InChI is InChI=1S/C11H18N2OS/c1-4-12-7-11(14)13(3)8-10-9(2)5-6-15-10/h5-6,12H,4,7-8H2,1-3H3. The molecule has 0 aliphatic carbocycles. The zero-order valence-electron chi connectivity index (χ0n) is 9.54. The molecule has 15 heavy (non-hydrogen) atoms. The van der Waals surface area contributed by atoms with Crippen molar-refractivity contribution in [1.82, 2.24) is 10.2 Å². The number of hydrogen-bond donors (Lipinski definition) is 1. The zero-order valence-corrected chi connectivity index (χ0v) is 10.4. The summed E-state index contributed by atoms with van der Waals surface area (Å²) < 4.78 is 0. The molecule has 0 aliphatic heterocycles. The quantitative estimate of drug-likeness (QED) is 0.827. The molecule has 3 nitrogen and oxygen atoms in total. The fourth-order valence-corrected chi connectivity index (χ4v) is 2.20. The predicted octanol–water partition coefficient (Wildman–Crippen LogP) is 1.62. The molecule has 1 aromatic rings. The van der Waals surface area contributed by atoms with Crippen molar-refractivity contribution in [2.45, 2.75) is 20.4 Å². The maximum atomic E-state index is 11.6. The van der Waals surface area contributed by atoms with Crippen LogP contribution in [-0.4, -0.2) is 30.9 Å². The first kappa shape index (κ1) is 12.2. The molecule has 0 saturated heterocycles. The SMILES string of the molecule is CCNCC(=O)N(C)Cc1sccc1C. The average molecular weight is 226 g/mol. The van der Waals surface area contributed by atoms with Crippen LogP contribution in [0.3, 0.4) is 0 Å². The van der Waals surface area contributed by atoms with Crippen molar-refractivity contribution >= 4 is 17.2 Å². The van der Waals surface area contributed by atoms with Gasteiger partial charge in [-0.2, -0.15) is 0 Å². The van der Waals surface area contributed by atoms with Gasteiger partial charge in [0, 0.05) is 11.9 Å². The second-order valence-electron chi connectivity index (χ2n) is 3.56. The summed E-state index contributed by atoms with van der Waals surface area (Å²) >= 11 is 1.70. The van der Waals surface area contributed by atoms with E-state index in [-0.39, 0.29) is 5.91 Å². The highest BCUT2D eigenvalue weighted by molar-refractivity contribution is 7.10. The Balaban J connectivity index is 2.45. The Morgan fingerprint density at radius 3 is 2.87 bits per heavy atom. The average Bonchev–Trinajstić information content (AvgIpc) is 2.61. The van der Waals surface area contributed by atoms with Gasteiger partial charge in [-0.25, -0.2) is 0 Å². The Morgan fingerprint density at radius 2 is 2.33 bits per heavy atom. The first-order chi connectivity index (χ1) is 7.15. The third kappa shape index (κ3) is 3.64. The Morgan fingerprint density at radius 1 is 1.60 bits per heavy atom. The van der Waals surface area contributed by atoms with Crippen LogP contribution in [0.5, 0.6) is 0 Å². The van der Waals surface area contributed by atoms with E-state index in [1.165, 1.54) is 10.4 Å². The summed E-state index contributed by atoms with van der Waals surface area (Å²) in [4.78, 5) is 14.6. The molecule has 0 aliphatic rings. The van der Waals surface area contributed by atoms with Gasteiger partial charge in [-0.1, -0.05) is 6.92 Å². The lowest BCUT2D eigenvalue weighted by atomic mass is 10.3. The molecule has 0 radical (unpaired) electrons. The number of aryl methyl sites for hydroxylation is 1. The van der Waals surface area contributed by atoms with E-state index in [0.29, 0.717) is 13.1 Å². The molecule has 0 saturated carbocycles. The Bertz CT molecular complexity index is 322. The third-order valence-electron chi connectivity index (χ3n) is 2.30. The number of nitrogens with one attached hydrogen (secondary N) is 1. The maximum absolute atomic E-state index is 11.6. The second-order valence-corrected chi connectivity index (χ2v) is 4.56. The summed E-state index contributed by atoms with van der Waals surface area (Å²) in [5.41, 5.74) is 1.27. The van der Waals surface area contributed by atoms with Crippen molar-refractivity contribution in [1.29, 1.82) is 0 Å². The van der Waals surface area contributed by atoms with E-state index in [2.05, 4.69) is 23.7 Å². The molecule has 84 valence electrons. The molecule has 1 rings (SSSR count). The molecule has 1 N–H and O–H groups in total. The first-order valence-corrected chi connectivity index (χ1v) is 6.00. The molecule has 0 unspecified atom stereocenters. The van der Waals surface area contributed by atoms with Crippen LogP contribution >= 0.6 is 11.3 Å². The van der Waals surface area contributed by atoms with Crippen LogP contribution in [0.1, 0.15) is 17.4 Å². The normalized spacial score (nSPS) is 10.3. The minimum Gasteiger partial charge on any atom is -0.340 e. The minimum absolute atomic E-state index is 0.143. The summed E-state index contributed by atoms with van der Waals surface area (Å²) in [5, 5.41) is 5.10. The predicted molar refractivity (Wildman–Crippen MR) is 64.1 cm³/mol. The molecule has 1 aromatic heterocycles. The minimum atomic E-state index is 0.143. The first-order valence-electron chi connectivity index (χ1n) is 5.12. The number of nitrogens with zero attached hydrogens (tertiary/aromatic N) is 1. The lowest BCUT2D eigenvalue weighted by Gasteiger charge is -2.16. The Kier molecular flexibility index (Phi) is 4.78. The van der Waals surface area contributed by atoms with Crippen molar-refractivity contribution in [2.24, 2.45) is 0 Å². The lowest BCUT2D eigenvalue weighted by molar-refractivity contribution is -0.129. The van der Waals surface area contributed by atoms with Crippen LogP contribution in [0.4, 0.5) is 0 Å². The van der Waals surface area contributed by atoms with Gasteiger partial charge in [0.15, 0.2) is 0 Å². The van der Waals surface area contributed by atoms with Gasteiger partial charge < -0.3 is 10.2 Å². The molecule has 4 heteroatoms. The van der Waals surface area contributed by atoms with E-state index < -0.39 is 0 Å². The van der Waals surface area contributed by atoms with Gasteiger partial charge in [0.1, 0.15) is 0 Å². The molecule has 1 amide bonds. The van der Waals surface area contributed by atoms with Gasteiger partial charge in [-0.3, -0.25) is 4.79 Å². The molecule has 1 heterocycles. The fraction of sp³-hybridized carbons (Fsp3) is 0.545. The number of carbonyl (C=O) groups excluding carboxylic acids is 1. The molecule has 0 atom stereocenters. The van der Waals surface area contributed by atoms with Crippen molar-refractivity contribution in [3.05, 3.63) is 21.9 Å². The van der Waals surface area contributed by atoms with E-state index in [0.717, 1.165) is 6.54 Å². The van der Waals surface area contributed by atoms with E-state index in [4.69, 9.17) is 0 Å². The van der Waals surface area contributed by atoms with Crippen molar-refractivity contribution in [2.75, 3.05) is 20.1 Å². The highest BCUT2D eigenvalue weighted by atomic mass is 32.1. The van der Waals surface area contributed by atoms with E-state index in [1.807, 2.05) is 14.0 Å². The van der Waals surface area contributed by atoms with Gasteiger partial charge in [0.2, 0.25) is 5.91 Å². The maximum Gasteiger partial charge on any atom is 0.236 e. The number of thiophene rings is 1. The number of carbonyl (C=O) groups is 1. The topological polar surface area (TPSA) is 32.3 Å². The van der Waals surface area contributed by atoms with Crippen molar-refractivity contribution in [3.63, 3.8) is 0 Å². The van der Waals surface area contributed by atoms with Crippen LogP contribution in [0.25, 0.3) is 0 Å². The third-order valence-corrected chi connectivity index (χ3v) is 3.31. The van der Waals surface area contributed by atoms with Gasteiger partial charge >= 0.3 is 0 Å². The smallest absolute Gasteiger partial charge is 0.236 e. The van der Waals surface area contributed by atoms with Crippen molar-refractivity contribution in [3.8, 4) is 0 Å². The molecule has 0 bridgehead atoms. The number of amides is 1. The second kappa shape index (κ2) is 5.88. The van der Waals surface area contributed by atoms with Crippen LogP contribution < -0.4 is 5.32 Å². The Hall–Kier alpha value is -0.870. The van der Waals surface area contributed by atoms with Gasteiger partial charge in [0.05, 0.1) is 13.1 Å². The summed E-state index contributed by atoms with van der Waals surface area (Å²) in [6, 6.07) is 2.09. The van der Waals surface area contributed by atoms with E-state index in [9.17, 15) is 4.79 Å². The van der Waals surface area contributed by atoms with Crippen molar-refractivity contribution < 1.29 is 4.79 Å². The number of likely N-dealkylation sites (N-methyl/N-ethyl adjacent to an activating group) is 2. The van der Waals surface area contributed by atoms with E-state index in [1.54, 1.807) is 16.2 Å². The summed E-state index contributed by atoms with van der Waals surface area (Å²) in [5.74, 6) is 0.143. The van der Waals surface area contributed by atoms with E-state index >= 15 is 0 Å². The summed E-state index contributed by atoms with van der Waals surface area (Å²) in [7, 11) is 1.85. The molecule has 0 aromatic carbocycles. The molecular formula is C11H18N2OS.